The molecule has 1 fully saturated rings. The van der Waals surface area contributed by atoms with Gasteiger partial charge in [0, 0.05) is 25.2 Å². The van der Waals surface area contributed by atoms with Gasteiger partial charge in [0.25, 0.3) is 5.91 Å². The first-order chi connectivity index (χ1) is 10.0. The number of benzene rings is 1. The lowest BCUT2D eigenvalue weighted by Crippen LogP contribution is -2.47. The summed E-state index contributed by atoms with van der Waals surface area (Å²) in [5, 5.41) is 5.29. The Morgan fingerprint density at radius 2 is 2.05 bits per heavy atom. The fourth-order valence-electron chi connectivity index (χ4n) is 2.67. The molecule has 2 N–H and O–H groups in total. The second-order valence-electron chi connectivity index (χ2n) is 5.27. The van der Waals surface area contributed by atoms with Gasteiger partial charge in [-0.2, -0.15) is 0 Å². The molecule has 1 saturated heterocycles. The van der Waals surface area contributed by atoms with E-state index in [0.29, 0.717) is 0 Å². The quantitative estimate of drug-likeness (QED) is 0.895. The molecule has 0 aliphatic carbocycles. The van der Waals surface area contributed by atoms with E-state index in [4.69, 9.17) is 0 Å². The van der Waals surface area contributed by atoms with Crippen LogP contribution in [0.3, 0.4) is 0 Å². The van der Waals surface area contributed by atoms with Crippen LogP contribution in [0.25, 0.3) is 0 Å². The van der Waals surface area contributed by atoms with Crippen molar-refractivity contribution in [2.24, 2.45) is 0 Å². The molecule has 1 unspecified atom stereocenters. The molecule has 6 heteroatoms. The van der Waals surface area contributed by atoms with Crippen molar-refractivity contribution in [1.29, 1.82) is 0 Å². The summed E-state index contributed by atoms with van der Waals surface area (Å²) >= 11 is 0. The van der Waals surface area contributed by atoms with Crippen LogP contribution < -0.4 is 10.6 Å². The highest BCUT2D eigenvalue weighted by molar-refractivity contribution is 5.94. The van der Waals surface area contributed by atoms with Crippen LogP contribution in [0.2, 0.25) is 0 Å². The van der Waals surface area contributed by atoms with Gasteiger partial charge in [-0.05, 0) is 38.1 Å². The molecule has 1 aromatic carbocycles. The van der Waals surface area contributed by atoms with Gasteiger partial charge in [0.15, 0.2) is 0 Å². The van der Waals surface area contributed by atoms with Crippen molar-refractivity contribution in [2.75, 3.05) is 32.0 Å². The standard InChI is InChI=1S/C15H21F2N3O/c1-3-20-6-4-5-11(9-20)19-15(21)10-7-12(16)14(18-2)13(17)8-10/h7-8,11,18H,3-6,9H2,1-2H3,(H,19,21). The van der Waals surface area contributed by atoms with Gasteiger partial charge in [0.2, 0.25) is 0 Å². The van der Waals surface area contributed by atoms with E-state index >= 15 is 0 Å². The fraction of sp³-hybridized carbons (Fsp3) is 0.533. The highest BCUT2D eigenvalue weighted by atomic mass is 19.1. The zero-order valence-corrected chi connectivity index (χ0v) is 12.4. The Balaban J connectivity index is 2.06. The number of hydrogen-bond donors (Lipinski definition) is 2. The Morgan fingerprint density at radius 1 is 1.38 bits per heavy atom. The molecule has 0 bridgehead atoms. The van der Waals surface area contributed by atoms with Gasteiger partial charge in [-0.1, -0.05) is 6.92 Å². The predicted octanol–water partition coefficient (Wildman–Crippen LogP) is 2.22. The maximum atomic E-state index is 13.7. The molecule has 116 valence electrons. The van der Waals surface area contributed by atoms with Gasteiger partial charge in [0.1, 0.15) is 17.3 Å². The van der Waals surface area contributed by atoms with E-state index in [1.54, 1.807) is 0 Å². The SMILES string of the molecule is CCN1CCCC(NC(=O)c2cc(F)c(NC)c(F)c2)C1. The molecular formula is C15H21F2N3O. The molecule has 0 radical (unpaired) electrons. The Morgan fingerprint density at radius 3 is 2.62 bits per heavy atom. The van der Waals surface area contributed by atoms with Crippen LogP contribution in [0.15, 0.2) is 12.1 Å². The molecule has 1 aliphatic rings. The van der Waals surface area contributed by atoms with E-state index < -0.39 is 17.5 Å². The first-order valence-electron chi connectivity index (χ1n) is 7.25. The maximum Gasteiger partial charge on any atom is 0.251 e. The number of carbonyl (C=O) groups excluding carboxylic acids is 1. The van der Waals surface area contributed by atoms with Gasteiger partial charge >= 0.3 is 0 Å². The third kappa shape index (κ3) is 3.69. The molecule has 1 aromatic rings. The molecule has 1 aliphatic heterocycles. The predicted molar refractivity (Wildman–Crippen MR) is 78.5 cm³/mol. The Hall–Kier alpha value is -1.69. The lowest BCUT2D eigenvalue weighted by Gasteiger charge is -2.32. The van der Waals surface area contributed by atoms with Crippen LogP contribution in [0, 0.1) is 11.6 Å². The van der Waals surface area contributed by atoms with Crippen molar-refractivity contribution in [3.8, 4) is 0 Å². The van der Waals surface area contributed by atoms with Crippen LogP contribution in [0.1, 0.15) is 30.1 Å². The molecule has 21 heavy (non-hydrogen) atoms. The summed E-state index contributed by atoms with van der Waals surface area (Å²) in [4.78, 5) is 14.4. The zero-order chi connectivity index (χ0) is 15.4. The van der Waals surface area contributed by atoms with E-state index in [0.717, 1.165) is 44.6 Å². The highest BCUT2D eigenvalue weighted by Crippen LogP contribution is 2.20. The average Bonchev–Trinajstić information content (AvgIpc) is 2.47. The average molecular weight is 297 g/mol. The second-order valence-corrected chi connectivity index (χ2v) is 5.27. The first-order valence-corrected chi connectivity index (χ1v) is 7.25. The first kappa shape index (κ1) is 15.7. The van der Waals surface area contributed by atoms with E-state index in [-0.39, 0.29) is 17.3 Å². The van der Waals surface area contributed by atoms with Crippen LogP contribution in [0.5, 0.6) is 0 Å². The Labute approximate surface area is 123 Å². The summed E-state index contributed by atoms with van der Waals surface area (Å²) in [6, 6.07) is 2.15. The number of piperidine rings is 1. The van der Waals surface area contributed by atoms with Crippen molar-refractivity contribution in [3.05, 3.63) is 29.3 Å². The van der Waals surface area contributed by atoms with Crippen molar-refractivity contribution in [3.63, 3.8) is 0 Å². The number of halogens is 2. The number of nitrogens with zero attached hydrogens (tertiary/aromatic N) is 1. The Kier molecular flexibility index (Phi) is 5.12. The molecule has 4 nitrogen and oxygen atoms in total. The minimum Gasteiger partial charge on any atom is -0.383 e. The largest absolute Gasteiger partial charge is 0.383 e. The molecule has 2 rings (SSSR count). The van der Waals surface area contributed by atoms with Crippen LogP contribution >= 0.6 is 0 Å². The lowest BCUT2D eigenvalue weighted by atomic mass is 10.0. The summed E-state index contributed by atoms with van der Waals surface area (Å²) in [6.07, 6.45) is 1.90. The molecule has 1 atom stereocenters. The summed E-state index contributed by atoms with van der Waals surface area (Å²) in [6.45, 7) is 4.82. The van der Waals surface area contributed by atoms with Crippen molar-refractivity contribution in [1.82, 2.24) is 10.2 Å². The molecule has 0 aromatic heterocycles. The maximum absolute atomic E-state index is 13.7. The number of hydrogen-bond acceptors (Lipinski definition) is 3. The van der Waals surface area contributed by atoms with E-state index in [1.165, 1.54) is 7.05 Å². The number of likely N-dealkylation sites (N-methyl/N-ethyl adjacent to an activating group) is 1. The number of carbonyl (C=O) groups is 1. The van der Waals surface area contributed by atoms with Gasteiger partial charge in [-0.25, -0.2) is 8.78 Å². The third-order valence-electron chi connectivity index (χ3n) is 3.84. The minimum absolute atomic E-state index is 0.0117. The summed E-state index contributed by atoms with van der Waals surface area (Å²) in [7, 11) is 1.43. The number of nitrogens with one attached hydrogen (secondary N) is 2. The highest BCUT2D eigenvalue weighted by Gasteiger charge is 2.22. The van der Waals surface area contributed by atoms with Crippen molar-refractivity contribution >= 4 is 11.6 Å². The van der Waals surface area contributed by atoms with Crippen LogP contribution in [-0.2, 0) is 0 Å². The third-order valence-corrected chi connectivity index (χ3v) is 3.84. The molecule has 1 amide bonds. The van der Waals surface area contributed by atoms with E-state index in [1.807, 2.05) is 0 Å². The monoisotopic (exact) mass is 297 g/mol. The van der Waals surface area contributed by atoms with Crippen molar-refractivity contribution in [2.45, 2.75) is 25.8 Å². The Bertz CT molecular complexity index is 499. The fourth-order valence-corrected chi connectivity index (χ4v) is 2.67. The number of anilines is 1. The summed E-state index contributed by atoms with van der Waals surface area (Å²) < 4.78 is 27.4. The smallest absolute Gasteiger partial charge is 0.251 e. The second kappa shape index (κ2) is 6.85. The topological polar surface area (TPSA) is 44.4 Å². The number of amides is 1. The summed E-state index contributed by atoms with van der Waals surface area (Å²) in [5.74, 6) is -1.96. The van der Waals surface area contributed by atoms with Gasteiger partial charge in [-0.3, -0.25) is 4.79 Å². The molecular weight excluding hydrogens is 276 g/mol. The minimum atomic E-state index is -0.763. The summed E-state index contributed by atoms with van der Waals surface area (Å²) in [5.41, 5.74) is -0.209. The normalized spacial score (nSPS) is 19.3. The van der Waals surface area contributed by atoms with Gasteiger partial charge in [0.05, 0.1) is 0 Å². The molecule has 0 saturated carbocycles. The van der Waals surface area contributed by atoms with Crippen LogP contribution in [-0.4, -0.2) is 43.5 Å². The van der Waals surface area contributed by atoms with Crippen LogP contribution in [0.4, 0.5) is 14.5 Å². The number of rotatable bonds is 4. The van der Waals surface area contributed by atoms with Gasteiger partial charge < -0.3 is 15.5 Å². The molecule has 0 spiro atoms. The zero-order valence-electron chi connectivity index (χ0n) is 12.4. The lowest BCUT2D eigenvalue weighted by molar-refractivity contribution is 0.0905. The van der Waals surface area contributed by atoms with Crippen molar-refractivity contribution < 1.29 is 13.6 Å². The molecule has 1 heterocycles. The van der Waals surface area contributed by atoms with Gasteiger partial charge in [-0.15, -0.1) is 0 Å². The number of likely N-dealkylation sites (tertiary alicyclic amines) is 1. The van der Waals surface area contributed by atoms with E-state index in [2.05, 4.69) is 22.5 Å². The van der Waals surface area contributed by atoms with E-state index in [9.17, 15) is 13.6 Å².